The van der Waals surface area contributed by atoms with Gasteiger partial charge in [0.25, 0.3) is 0 Å². The molecule has 6 aliphatic rings. The Morgan fingerprint density at radius 3 is 1.90 bits per heavy atom. The van der Waals surface area contributed by atoms with Gasteiger partial charge in [0, 0.05) is 23.7 Å². The van der Waals surface area contributed by atoms with Crippen molar-refractivity contribution in [3.63, 3.8) is 0 Å². The van der Waals surface area contributed by atoms with Crippen molar-refractivity contribution in [3.8, 4) is 11.1 Å². The summed E-state index contributed by atoms with van der Waals surface area (Å²) in [7, 11) is 0. The van der Waals surface area contributed by atoms with Gasteiger partial charge in [-0.1, -0.05) is 219 Å². The molecule has 8 atom stereocenters. The van der Waals surface area contributed by atoms with Crippen LogP contribution in [0.1, 0.15) is 79.9 Å². The van der Waals surface area contributed by atoms with Crippen LogP contribution in [0, 0.1) is 35.5 Å². The lowest BCUT2D eigenvalue weighted by molar-refractivity contribution is 0.560. The summed E-state index contributed by atoms with van der Waals surface area (Å²) in [5.74, 6) is 3.28. The van der Waals surface area contributed by atoms with Crippen molar-refractivity contribution >= 4 is 0 Å². The molecule has 0 aromatic heterocycles. The minimum atomic E-state index is 0.231. The molecule has 0 amide bonds. The highest BCUT2D eigenvalue weighted by Crippen LogP contribution is 2.43. The van der Waals surface area contributed by atoms with Crippen LogP contribution in [0.2, 0.25) is 0 Å². The molecular weight excluding hydrogens is 757 g/mol. The predicted octanol–water partition coefficient (Wildman–Crippen LogP) is 16.6. The molecule has 3 aromatic carbocycles. The second kappa shape index (κ2) is 20.9. The standard InChI is InChI=1S/C63H64/c1-2-50(25-15-20-47-16-7-3-8-17-47)62(58-38-32-54(33-39-58)52-28-26-49(27-29-52)46-48-18-9-4-10-19-48)59-40-34-55(35-41-59)56-36-44-61(45-37-56)63(57-23-13-6-14-24-57)60-42-30-53(31-43-60)51-21-11-5-12-22-51/h2-5,7-13,15-16,18-21,23-24,26,28-32,34-42,44-45,47,49-51,54,60,62-63H,1,6,14,17,22,25,27,33,43,46H2/b20-15+. The zero-order valence-electron chi connectivity index (χ0n) is 37.0. The summed E-state index contributed by atoms with van der Waals surface area (Å²) in [4.78, 5) is 0. The molecule has 0 saturated heterocycles. The van der Waals surface area contributed by atoms with Crippen molar-refractivity contribution in [2.75, 3.05) is 0 Å². The fourth-order valence-electron chi connectivity index (χ4n) is 10.7. The summed E-state index contributed by atoms with van der Waals surface area (Å²) in [6.45, 7) is 4.42. The number of hydrogen-bond donors (Lipinski definition) is 0. The number of benzene rings is 3. The Balaban J connectivity index is 0.917. The van der Waals surface area contributed by atoms with Gasteiger partial charge < -0.3 is 0 Å². The summed E-state index contributed by atoms with van der Waals surface area (Å²) in [5.41, 5.74) is 12.5. The van der Waals surface area contributed by atoms with Crippen molar-refractivity contribution in [3.05, 3.63) is 264 Å². The van der Waals surface area contributed by atoms with E-state index in [9.17, 15) is 0 Å². The first-order valence-electron chi connectivity index (χ1n) is 23.9. The predicted molar refractivity (Wildman–Crippen MR) is 270 cm³/mol. The molecule has 0 heteroatoms. The molecule has 6 aliphatic carbocycles. The second-order valence-electron chi connectivity index (χ2n) is 18.4. The van der Waals surface area contributed by atoms with Gasteiger partial charge in [-0.15, -0.1) is 6.58 Å². The number of hydrogen-bond acceptors (Lipinski definition) is 0. The molecule has 9 rings (SSSR count). The lowest BCUT2D eigenvalue weighted by Gasteiger charge is -2.30. The minimum Gasteiger partial charge on any atom is -0.103 e. The Morgan fingerprint density at radius 2 is 1.29 bits per heavy atom. The molecule has 0 N–H and O–H groups in total. The molecule has 0 bridgehead atoms. The summed E-state index contributed by atoms with van der Waals surface area (Å²) in [5, 5.41) is 0. The Bertz CT molecular complexity index is 2460. The van der Waals surface area contributed by atoms with Gasteiger partial charge in [0.2, 0.25) is 0 Å². The Kier molecular flexibility index (Phi) is 14.1. The maximum absolute atomic E-state index is 4.42. The average molecular weight is 821 g/mol. The van der Waals surface area contributed by atoms with Gasteiger partial charge in [-0.25, -0.2) is 0 Å². The van der Waals surface area contributed by atoms with Gasteiger partial charge >= 0.3 is 0 Å². The molecule has 0 heterocycles. The van der Waals surface area contributed by atoms with Gasteiger partial charge in [0.05, 0.1) is 0 Å². The van der Waals surface area contributed by atoms with Gasteiger partial charge in [-0.2, -0.15) is 0 Å². The van der Waals surface area contributed by atoms with Gasteiger partial charge in [-0.3, -0.25) is 0 Å². The lowest BCUT2D eigenvalue weighted by Crippen LogP contribution is -2.16. The number of allylic oxidation sites excluding steroid dienone is 27. The van der Waals surface area contributed by atoms with Crippen LogP contribution in [0.5, 0.6) is 0 Å². The third-order valence-electron chi connectivity index (χ3n) is 14.3. The topological polar surface area (TPSA) is 0 Å². The molecule has 0 fully saturated rings. The average Bonchev–Trinajstić information content (AvgIpc) is 3.36. The molecular formula is C63H64. The number of rotatable bonds is 15. The molecule has 3 aromatic rings. The van der Waals surface area contributed by atoms with Crippen molar-refractivity contribution in [2.24, 2.45) is 35.5 Å². The Morgan fingerprint density at radius 1 is 0.556 bits per heavy atom. The normalized spacial score (nSPS) is 25.3. The van der Waals surface area contributed by atoms with E-state index in [1.54, 1.807) is 0 Å². The first-order chi connectivity index (χ1) is 31.2. The van der Waals surface area contributed by atoms with Crippen LogP contribution >= 0.6 is 0 Å². The van der Waals surface area contributed by atoms with Crippen LogP contribution in [0.15, 0.2) is 247 Å². The highest BCUT2D eigenvalue weighted by Gasteiger charge is 2.28. The van der Waals surface area contributed by atoms with E-state index in [4.69, 9.17) is 0 Å². The van der Waals surface area contributed by atoms with Crippen LogP contribution in [-0.4, -0.2) is 0 Å². The summed E-state index contributed by atoms with van der Waals surface area (Å²) >= 11 is 0. The van der Waals surface area contributed by atoms with Crippen LogP contribution in [0.25, 0.3) is 11.1 Å². The van der Waals surface area contributed by atoms with E-state index < -0.39 is 0 Å². The third kappa shape index (κ3) is 10.6. The molecule has 8 unspecified atom stereocenters. The zero-order valence-corrected chi connectivity index (χ0v) is 37.0. The smallest absolute Gasteiger partial charge is 0.0152 e. The lowest BCUT2D eigenvalue weighted by atomic mass is 9.74. The molecule has 0 radical (unpaired) electrons. The first kappa shape index (κ1) is 42.3. The maximum Gasteiger partial charge on any atom is 0.0152 e. The highest BCUT2D eigenvalue weighted by molar-refractivity contribution is 5.65. The van der Waals surface area contributed by atoms with Crippen LogP contribution < -0.4 is 0 Å². The van der Waals surface area contributed by atoms with Crippen LogP contribution in [0.3, 0.4) is 0 Å². The molecule has 0 nitrogen and oxygen atoms in total. The highest BCUT2D eigenvalue weighted by atomic mass is 14.3. The fraction of sp³-hybridized carbons (Fsp3) is 0.270. The van der Waals surface area contributed by atoms with E-state index >= 15 is 0 Å². The summed E-state index contributed by atoms with van der Waals surface area (Å²) in [6.07, 6.45) is 64.1. The van der Waals surface area contributed by atoms with Crippen molar-refractivity contribution in [2.45, 2.75) is 69.6 Å². The summed E-state index contributed by atoms with van der Waals surface area (Å²) in [6, 6.07) is 29.9. The SMILES string of the molecule is C=CC(C/C=C/C1C=CC=CC1)C(C1=CCC(C2=CCC(Cc3ccccc3)C=C2)C=C1)c1ccc(-c2ccc(C(C3=CCCC=C3)C3C=CC(C4C=CC=CC4)=CC3)cc2)cc1. The van der Waals surface area contributed by atoms with Crippen molar-refractivity contribution < 1.29 is 0 Å². The molecule has 0 spiro atoms. The largest absolute Gasteiger partial charge is 0.103 e. The van der Waals surface area contributed by atoms with Gasteiger partial charge in [0.15, 0.2) is 0 Å². The van der Waals surface area contributed by atoms with Gasteiger partial charge in [-0.05, 0) is 132 Å². The first-order valence-corrected chi connectivity index (χ1v) is 23.9. The Hall–Kier alpha value is -5.98. The maximum atomic E-state index is 4.42. The molecule has 63 heavy (non-hydrogen) atoms. The molecule has 316 valence electrons. The van der Waals surface area contributed by atoms with E-state index in [-0.39, 0.29) is 11.8 Å². The second-order valence-corrected chi connectivity index (χ2v) is 18.4. The van der Waals surface area contributed by atoms with Gasteiger partial charge in [0.1, 0.15) is 0 Å². The fourth-order valence-corrected chi connectivity index (χ4v) is 10.7. The zero-order chi connectivity index (χ0) is 42.6. The van der Waals surface area contributed by atoms with E-state index in [1.165, 1.54) is 50.1 Å². The Labute approximate surface area is 378 Å². The van der Waals surface area contributed by atoms with Crippen LogP contribution in [0.4, 0.5) is 0 Å². The van der Waals surface area contributed by atoms with Crippen molar-refractivity contribution in [1.29, 1.82) is 0 Å². The molecule has 0 saturated carbocycles. The van der Waals surface area contributed by atoms with E-state index in [0.29, 0.717) is 35.5 Å². The monoisotopic (exact) mass is 821 g/mol. The quantitative estimate of drug-likeness (QED) is 0.134. The van der Waals surface area contributed by atoms with E-state index in [0.717, 1.165) is 57.8 Å². The van der Waals surface area contributed by atoms with Crippen LogP contribution in [-0.2, 0) is 6.42 Å². The van der Waals surface area contributed by atoms with Crippen molar-refractivity contribution in [1.82, 2.24) is 0 Å². The van der Waals surface area contributed by atoms with E-state index in [1.807, 2.05) is 0 Å². The van der Waals surface area contributed by atoms with E-state index in [2.05, 4.69) is 225 Å². The molecule has 0 aliphatic heterocycles. The summed E-state index contributed by atoms with van der Waals surface area (Å²) < 4.78 is 0. The third-order valence-corrected chi connectivity index (χ3v) is 14.3. The minimum absolute atomic E-state index is 0.231.